The smallest absolute Gasteiger partial charge is 0.269 e. The first-order chi connectivity index (χ1) is 15.4. The van der Waals surface area contributed by atoms with Crippen molar-refractivity contribution in [3.63, 3.8) is 0 Å². The Bertz CT molecular complexity index is 1200. The van der Waals surface area contributed by atoms with Crippen LogP contribution in [0.2, 0.25) is 0 Å². The van der Waals surface area contributed by atoms with Gasteiger partial charge in [0.1, 0.15) is 11.9 Å². The number of benzene rings is 2. The van der Waals surface area contributed by atoms with Crippen molar-refractivity contribution in [3.05, 3.63) is 53.6 Å². The van der Waals surface area contributed by atoms with Crippen molar-refractivity contribution < 1.29 is 27.5 Å². The number of carbonyl (C=O) groups excluding carboxylic acids is 2. The maximum Gasteiger partial charge on any atom is 0.269 e. The third-order valence-electron chi connectivity index (χ3n) is 4.78. The van der Waals surface area contributed by atoms with E-state index in [1.165, 1.54) is 23.9 Å². The summed E-state index contributed by atoms with van der Waals surface area (Å²) < 4.78 is 37.5. The Morgan fingerprint density at radius 1 is 1.16 bits per heavy atom. The molecule has 0 bridgehead atoms. The molecule has 1 atom stereocenters. The van der Waals surface area contributed by atoms with Crippen LogP contribution in [-0.4, -0.2) is 50.9 Å². The molecule has 168 valence electrons. The molecule has 0 aliphatic carbocycles. The van der Waals surface area contributed by atoms with Gasteiger partial charge in [0, 0.05) is 11.1 Å². The molecule has 2 heterocycles. The summed E-state index contributed by atoms with van der Waals surface area (Å²) in [7, 11) is -3.72. The molecule has 0 spiro atoms. The Hall–Kier alpha value is -3.25. The average Bonchev–Trinajstić information content (AvgIpc) is 3.36. The number of ether oxygens (including phenoxy) is 2. The van der Waals surface area contributed by atoms with E-state index in [4.69, 9.17) is 9.47 Å². The van der Waals surface area contributed by atoms with E-state index in [1.807, 2.05) is 6.26 Å². The second kappa shape index (κ2) is 9.09. The summed E-state index contributed by atoms with van der Waals surface area (Å²) in [4.78, 5) is 29.7. The minimum Gasteiger partial charge on any atom is -0.454 e. The van der Waals surface area contributed by atoms with Crippen LogP contribution >= 0.6 is 11.8 Å². The van der Waals surface area contributed by atoms with Crippen molar-refractivity contribution in [1.82, 2.24) is 15.6 Å². The normalized spacial score (nSPS) is 17.3. The Labute approximate surface area is 188 Å². The van der Waals surface area contributed by atoms with E-state index in [-0.39, 0.29) is 23.1 Å². The van der Waals surface area contributed by atoms with Crippen LogP contribution in [0.15, 0.2) is 52.4 Å². The standard InChI is InChI=1S/C20H20N4O6S2/c1-31-9-8-14(21-18-13-4-2-3-5-17(13)32(27,28)24-18)20(26)23-22-19(25)12-6-7-15-16(10-12)30-11-29-15/h2-7,10,14H,8-9,11H2,1H3,(H,21,24)(H,22,25)(H,23,26). The minimum atomic E-state index is -3.72. The van der Waals surface area contributed by atoms with Crippen LogP contribution < -0.4 is 25.0 Å². The molecule has 4 rings (SSSR count). The predicted octanol–water partition coefficient (Wildman–Crippen LogP) is 1.04. The van der Waals surface area contributed by atoms with Crippen LogP contribution in [0.4, 0.5) is 0 Å². The van der Waals surface area contributed by atoms with Crippen molar-refractivity contribution in [2.24, 2.45) is 4.99 Å². The number of amides is 2. The summed E-state index contributed by atoms with van der Waals surface area (Å²) in [5, 5.41) is 0. The van der Waals surface area contributed by atoms with Crippen LogP contribution in [-0.2, 0) is 14.8 Å². The molecule has 12 heteroatoms. The Morgan fingerprint density at radius 2 is 1.94 bits per heavy atom. The average molecular weight is 477 g/mol. The molecule has 0 radical (unpaired) electrons. The van der Waals surface area contributed by atoms with Crippen molar-refractivity contribution >= 4 is 39.4 Å². The van der Waals surface area contributed by atoms with Crippen molar-refractivity contribution in [1.29, 1.82) is 0 Å². The van der Waals surface area contributed by atoms with Gasteiger partial charge in [-0.15, -0.1) is 0 Å². The molecule has 0 fully saturated rings. The van der Waals surface area contributed by atoms with Gasteiger partial charge in [-0.25, -0.2) is 8.42 Å². The molecule has 2 aliphatic heterocycles. The number of amidine groups is 1. The van der Waals surface area contributed by atoms with Crippen LogP contribution in [0.5, 0.6) is 11.5 Å². The first-order valence-corrected chi connectivity index (χ1v) is 12.5. The van der Waals surface area contributed by atoms with E-state index < -0.39 is 27.9 Å². The first kappa shape index (κ1) is 22.0. The van der Waals surface area contributed by atoms with Crippen LogP contribution in [0.1, 0.15) is 22.3 Å². The Balaban J connectivity index is 1.48. The zero-order valence-corrected chi connectivity index (χ0v) is 18.6. The summed E-state index contributed by atoms with van der Waals surface area (Å²) in [5.74, 6) is 0.588. The molecular formula is C20H20N4O6S2. The van der Waals surface area contributed by atoms with Gasteiger partial charge >= 0.3 is 0 Å². The van der Waals surface area contributed by atoms with Gasteiger partial charge in [-0.05, 0) is 48.8 Å². The van der Waals surface area contributed by atoms with Crippen molar-refractivity contribution in [2.45, 2.75) is 17.4 Å². The predicted molar refractivity (Wildman–Crippen MR) is 118 cm³/mol. The quantitative estimate of drug-likeness (QED) is 0.530. The van der Waals surface area contributed by atoms with Crippen molar-refractivity contribution in [2.75, 3.05) is 18.8 Å². The summed E-state index contributed by atoms with van der Waals surface area (Å²) >= 11 is 1.52. The second-order valence-corrected chi connectivity index (χ2v) is 9.52. The molecule has 10 nitrogen and oxygen atoms in total. The number of carbonyl (C=O) groups is 2. The molecular weight excluding hydrogens is 456 g/mol. The number of aliphatic imine (C=N–C) groups is 1. The lowest BCUT2D eigenvalue weighted by atomic mass is 10.2. The SMILES string of the molecule is CSCCC(N=C1NS(=O)(=O)c2ccccc21)C(=O)NNC(=O)c1ccc2c(c1)OCO2. The molecule has 0 saturated heterocycles. The minimum absolute atomic E-state index is 0.0848. The number of fused-ring (bicyclic) bond motifs is 2. The molecule has 1 unspecified atom stereocenters. The zero-order valence-electron chi connectivity index (χ0n) is 17.0. The fraction of sp³-hybridized carbons (Fsp3) is 0.250. The molecule has 2 aliphatic rings. The Kier molecular flexibility index (Phi) is 6.24. The maximum atomic E-state index is 12.8. The topological polar surface area (TPSA) is 135 Å². The number of nitrogens with zero attached hydrogens (tertiary/aromatic N) is 1. The first-order valence-electron chi connectivity index (χ1n) is 9.58. The summed E-state index contributed by atoms with van der Waals surface area (Å²) in [5.41, 5.74) is 5.41. The van der Waals surface area contributed by atoms with Gasteiger partial charge in [0.05, 0.1) is 4.90 Å². The van der Waals surface area contributed by atoms with E-state index in [1.54, 1.807) is 30.3 Å². The van der Waals surface area contributed by atoms with Crippen molar-refractivity contribution in [3.8, 4) is 11.5 Å². The van der Waals surface area contributed by atoms with Crippen LogP contribution in [0.3, 0.4) is 0 Å². The molecule has 0 saturated carbocycles. The molecule has 2 aromatic rings. The highest BCUT2D eigenvalue weighted by molar-refractivity contribution is 7.98. The van der Waals surface area contributed by atoms with E-state index in [9.17, 15) is 18.0 Å². The van der Waals surface area contributed by atoms with Crippen LogP contribution in [0.25, 0.3) is 0 Å². The molecule has 32 heavy (non-hydrogen) atoms. The lowest BCUT2D eigenvalue weighted by molar-refractivity contribution is -0.123. The lowest BCUT2D eigenvalue weighted by Crippen LogP contribution is -2.46. The van der Waals surface area contributed by atoms with E-state index >= 15 is 0 Å². The molecule has 2 aromatic carbocycles. The lowest BCUT2D eigenvalue weighted by Gasteiger charge is -2.14. The monoisotopic (exact) mass is 476 g/mol. The third-order valence-corrected chi connectivity index (χ3v) is 6.82. The second-order valence-electron chi connectivity index (χ2n) is 6.89. The summed E-state index contributed by atoms with van der Waals surface area (Å²) in [6.45, 7) is 0.0848. The van der Waals surface area contributed by atoms with E-state index in [0.29, 0.717) is 29.2 Å². The number of rotatable bonds is 6. The summed E-state index contributed by atoms with van der Waals surface area (Å²) in [6.07, 6.45) is 2.23. The fourth-order valence-electron chi connectivity index (χ4n) is 3.18. The third kappa shape index (κ3) is 4.50. The number of nitrogens with one attached hydrogen (secondary N) is 3. The Morgan fingerprint density at radius 3 is 2.75 bits per heavy atom. The number of hydrazine groups is 1. The molecule has 0 aromatic heterocycles. The maximum absolute atomic E-state index is 12.8. The number of hydrogen-bond acceptors (Lipinski definition) is 8. The van der Waals surface area contributed by atoms with Gasteiger partial charge in [0.2, 0.25) is 6.79 Å². The molecule has 3 N–H and O–H groups in total. The van der Waals surface area contributed by atoms with Gasteiger partial charge in [0.25, 0.3) is 21.8 Å². The number of thioether (sulfide) groups is 1. The van der Waals surface area contributed by atoms with Gasteiger partial charge in [-0.3, -0.25) is 30.2 Å². The van der Waals surface area contributed by atoms with Gasteiger partial charge in [-0.1, -0.05) is 12.1 Å². The van der Waals surface area contributed by atoms with E-state index in [0.717, 1.165) is 0 Å². The number of hydrogen-bond donors (Lipinski definition) is 3. The highest BCUT2D eigenvalue weighted by Gasteiger charge is 2.32. The van der Waals surface area contributed by atoms with Crippen LogP contribution in [0, 0.1) is 0 Å². The van der Waals surface area contributed by atoms with Gasteiger partial charge in [-0.2, -0.15) is 11.8 Å². The molecule has 2 amide bonds. The highest BCUT2D eigenvalue weighted by Crippen LogP contribution is 2.32. The van der Waals surface area contributed by atoms with E-state index in [2.05, 4.69) is 20.6 Å². The summed E-state index contributed by atoms with van der Waals surface area (Å²) in [6, 6.07) is 10.2. The fourth-order valence-corrected chi connectivity index (χ4v) is 4.88. The zero-order chi connectivity index (χ0) is 22.7. The number of sulfonamides is 1. The van der Waals surface area contributed by atoms with Gasteiger partial charge < -0.3 is 9.47 Å². The highest BCUT2D eigenvalue weighted by atomic mass is 32.2. The van der Waals surface area contributed by atoms with Gasteiger partial charge in [0.15, 0.2) is 11.5 Å². The largest absolute Gasteiger partial charge is 0.454 e.